The summed E-state index contributed by atoms with van der Waals surface area (Å²) < 4.78 is 0. The Bertz CT molecular complexity index is 1110. The van der Waals surface area contributed by atoms with Crippen molar-refractivity contribution in [1.82, 2.24) is 5.32 Å². The van der Waals surface area contributed by atoms with Gasteiger partial charge in [-0.2, -0.15) is 5.26 Å². The number of nitrogens with zero attached hydrogens (tertiary/aromatic N) is 2. The van der Waals surface area contributed by atoms with Crippen LogP contribution in [0.15, 0.2) is 42.0 Å². The Hall–Kier alpha value is -2.96. The molecular formula is C26H31N3O5. The molecule has 0 bridgehead atoms. The first-order valence-corrected chi connectivity index (χ1v) is 11.8. The summed E-state index contributed by atoms with van der Waals surface area (Å²) in [7, 11) is 0. The molecule has 1 heterocycles. The number of piperidine rings is 1. The molecule has 4 rings (SSSR count). The molecule has 1 amide bonds. The fraction of sp³-hybridized carbons (Fsp3) is 0.462. The molecule has 1 aliphatic heterocycles. The van der Waals surface area contributed by atoms with E-state index >= 15 is 0 Å². The predicted molar refractivity (Wildman–Crippen MR) is 129 cm³/mol. The van der Waals surface area contributed by atoms with Crippen LogP contribution in [0, 0.1) is 17.2 Å². The Morgan fingerprint density at radius 1 is 1.00 bits per heavy atom. The monoisotopic (exact) mass is 465 g/mol. The third-order valence-electron chi connectivity index (χ3n) is 6.89. The van der Waals surface area contributed by atoms with Crippen molar-refractivity contribution in [3.05, 3.63) is 47.5 Å². The molecule has 0 aromatic heterocycles. The van der Waals surface area contributed by atoms with Crippen LogP contribution in [-0.4, -0.2) is 70.4 Å². The van der Waals surface area contributed by atoms with Gasteiger partial charge < -0.3 is 30.6 Å². The Morgan fingerprint density at radius 2 is 1.71 bits per heavy atom. The molecule has 5 atom stereocenters. The molecule has 1 aliphatic carbocycles. The van der Waals surface area contributed by atoms with Gasteiger partial charge in [-0.05, 0) is 66.3 Å². The maximum absolute atomic E-state index is 12.6. The van der Waals surface area contributed by atoms with Gasteiger partial charge in [0.25, 0.3) is 5.91 Å². The molecular weight excluding hydrogens is 434 g/mol. The highest BCUT2D eigenvalue weighted by Crippen LogP contribution is 2.27. The second-order valence-corrected chi connectivity index (χ2v) is 9.25. The van der Waals surface area contributed by atoms with Crippen molar-refractivity contribution in [3.8, 4) is 6.07 Å². The van der Waals surface area contributed by atoms with Crippen molar-refractivity contribution < 1.29 is 25.2 Å². The Balaban J connectivity index is 1.44. The number of aliphatic hydroxyl groups excluding tert-OH is 4. The van der Waals surface area contributed by atoms with Crippen molar-refractivity contribution >= 4 is 28.4 Å². The minimum Gasteiger partial charge on any atom is -0.390 e. The molecule has 4 unspecified atom stereocenters. The zero-order chi connectivity index (χ0) is 24.2. The van der Waals surface area contributed by atoms with Crippen LogP contribution in [0.2, 0.25) is 0 Å². The summed E-state index contributed by atoms with van der Waals surface area (Å²) in [6.07, 6.45) is -0.170. The molecule has 1 saturated heterocycles. The van der Waals surface area contributed by atoms with Gasteiger partial charge in [0, 0.05) is 31.2 Å². The van der Waals surface area contributed by atoms with Crippen molar-refractivity contribution in [1.29, 1.82) is 5.26 Å². The lowest BCUT2D eigenvalue weighted by Gasteiger charge is -2.38. The molecule has 8 heteroatoms. The third-order valence-corrected chi connectivity index (χ3v) is 6.89. The van der Waals surface area contributed by atoms with Crippen molar-refractivity contribution in [2.24, 2.45) is 5.92 Å². The summed E-state index contributed by atoms with van der Waals surface area (Å²) in [5.74, 6) is -1.25. The SMILES string of the molecule is N#C/C(=C\c1ccc2cc(N3CCCCC3)ccc2c1)C(=O)NC[C@H]1CC(O)C(O)C(O)C1O. The maximum atomic E-state index is 12.6. The van der Waals surface area contributed by atoms with E-state index in [9.17, 15) is 30.5 Å². The number of carbonyl (C=O) groups excluding carboxylic acids is 1. The molecule has 180 valence electrons. The Morgan fingerprint density at radius 3 is 2.44 bits per heavy atom. The molecule has 1 saturated carbocycles. The number of amides is 1. The highest BCUT2D eigenvalue weighted by molar-refractivity contribution is 6.02. The zero-order valence-corrected chi connectivity index (χ0v) is 19.0. The van der Waals surface area contributed by atoms with Gasteiger partial charge >= 0.3 is 0 Å². The number of hydrogen-bond donors (Lipinski definition) is 5. The summed E-state index contributed by atoms with van der Waals surface area (Å²) >= 11 is 0. The van der Waals surface area contributed by atoms with Gasteiger partial charge in [-0.3, -0.25) is 4.79 Å². The number of benzene rings is 2. The van der Waals surface area contributed by atoms with Crippen molar-refractivity contribution in [2.75, 3.05) is 24.5 Å². The number of fused-ring (bicyclic) bond motifs is 1. The summed E-state index contributed by atoms with van der Waals surface area (Å²) in [5.41, 5.74) is 1.84. The average molecular weight is 466 g/mol. The van der Waals surface area contributed by atoms with E-state index in [-0.39, 0.29) is 18.5 Å². The largest absolute Gasteiger partial charge is 0.390 e. The lowest BCUT2D eigenvalue weighted by atomic mass is 9.81. The number of anilines is 1. The van der Waals surface area contributed by atoms with Gasteiger partial charge in [0.1, 0.15) is 23.9 Å². The van der Waals surface area contributed by atoms with E-state index in [0.29, 0.717) is 0 Å². The summed E-state index contributed by atoms with van der Waals surface area (Å²) in [5, 5.41) is 53.7. The highest BCUT2D eigenvalue weighted by Gasteiger charge is 2.41. The third kappa shape index (κ3) is 5.24. The number of hydrogen-bond acceptors (Lipinski definition) is 7. The molecule has 0 radical (unpaired) electrons. The van der Waals surface area contributed by atoms with Gasteiger partial charge in [0.05, 0.1) is 12.2 Å². The van der Waals surface area contributed by atoms with E-state index in [4.69, 9.17) is 0 Å². The van der Waals surface area contributed by atoms with Crippen LogP contribution in [0.25, 0.3) is 16.8 Å². The Labute approximate surface area is 198 Å². The second kappa shape index (κ2) is 10.5. The lowest BCUT2D eigenvalue weighted by Crippen LogP contribution is -2.55. The number of carbonyl (C=O) groups is 1. The average Bonchev–Trinajstić information content (AvgIpc) is 2.87. The first-order valence-electron chi connectivity index (χ1n) is 11.8. The number of rotatable bonds is 5. The standard InChI is InChI=1S/C26H31N3O5/c27-14-19(26(34)28-15-20-13-22(30)24(32)25(33)23(20)31)11-16-4-5-18-12-21(7-6-17(18)10-16)29-8-2-1-3-9-29/h4-7,10-12,20,22-25,30-33H,1-3,8-9,13,15H2,(H,28,34)/b19-11+/t20-,22?,23?,24?,25?/m1/s1. The van der Waals surface area contributed by atoms with Crippen molar-refractivity contribution in [3.63, 3.8) is 0 Å². The van der Waals surface area contributed by atoms with E-state index in [1.807, 2.05) is 24.3 Å². The summed E-state index contributed by atoms with van der Waals surface area (Å²) in [4.78, 5) is 15.0. The van der Waals surface area contributed by atoms with Crippen LogP contribution in [0.1, 0.15) is 31.2 Å². The molecule has 0 spiro atoms. The first-order chi connectivity index (χ1) is 16.4. The molecule has 2 fully saturated rings. The van der Waals surface area contributed by atoms with E-state index in [2.05, 4.69) is 28.4 Å². The molecule has 2 aromatic rings. The molecule has 5 N–H and O–H groups in total. The number of nitriles is 1. The molecule has 34 heavy (non-hydrogen) atoms. The van der Waals surface area contributed by atoms with Crippen LogP contribution in [-0.2, 0) is 4.79 Å². The van der Waals surface area contributed by atoms with E-state index < -0.39 is 36.2 Å². The lowest BCUT2D eigenvalue weighted by molar-refractivity contribution is -0.157. The smallest absolute Gasteiger partial charge is 0.261 e. The minimum atomic E-state index is -1.50. The van der Waals surface area contributed by atoms with E-state index in [1.54, 1.807) is 0 Å². The zero-order valence-electron chi connectivity index (χ0n) is 19.0. The van der Waals surface area contributed by atoms with Gasteiger partial charge in [-0.1, -0.05) is 18.2 Å². The van der Waals surface area contributed by atoms with Gasteiger partial charge in [0.15, 0.2) is 0 Å². The fourth-order valence-electron chi connectivity index (χ4n) is 4.83. The quantitative estimate of drug-likeness (QED) is 0.332. The summed E-state index contributed by atoms with van der Waals surface area (Å²) in [6.45, 7) is 2.10. The fourth-order valence-corrected chi connectivity index (χ4v) is 4.83. The van der Waals surface area contributed by atoms with Crippen LogP contribution in [0.5, 0.6) is 0 Å². The van der Waals surface area contributed by atoms with Crippen LogP contribution >= 0.6 is 0 Å². The van der Waals surface area contributed by atoms with Gasteiger partial charge in [0.2, 0.25) is 0 Å². The Kier molecular flexibility index (Phi) is 7.49. The topological polar surface area (TPSA) is 137 Å². The van der Waals surface area contributed by atoms with Crippen LogP contribution in [0.4, 0.5) is 5.69 Å². The van der Waals surface area contributed by atoms with E-state index in [1.165, 1.54) is 31.0 Å². The molecule has 2 aliphatic rings. The maximum Gasteiger partial charge on any atom is 0.261 e. The van der Waals surface area contributed by atoms with Gasteiger partial charge in [-0.25, -0.2) is 0 Å². The second-order valence-electron chi connectivity index (χ2n) is 9.25. The number of aliphatic hydroxyl groups is 4. The van der Waals surface area contributed by atoms with Gasteiger partial charge in [-0.15, -0.1) is 0 Å². The number of nitrogens with one attached hydrogen (secondary N) is 1. The highest BCUT2D eigenvalue weighted by atomic mass is 16.4. The van der Waals surface area contributed by atoms with E-state index in [0.717, 1.165) is 29.4 Å². The molecule has 2 aromatic carbocycles. The van der Waals surface area contributed by atoms with Crippen molar-refractivity contribution in [2.45, 2.75) is 50.1 Å². The molecule has 8 nitrogen and oxygen atoms in total. The summed E-state index contributed by atoms with van der Waals surface area (Å²) in [6, 6.07) is 14.0. The van der Waals surface area contributed by atoms with Crippen LogP contribution in [0.3, 0.4) is 0 Å². The predicted octanol–water partition coefficient (Wildman–Crippen LogP) is 1.32. The first kappa shape index (κ1) is 24.2. The normalized spacial score (nSPS) is 27.9. The van der Waals surface area contributed by atoms with Crippen LogP contribution < -0.4 is 10.2 Å². The minimum absolute atomic E-state index is 0.0232.